The molecule has 3 heterocycles. The van der Waals surface area contributed by atoms with Crippen LogP contribution in [-0.2, 0) is 5.75 Å². The number of hydrogen-bond acceptors (Lipinski definition) is 5. The zero-order valence-corrected chi connectivity index (χ0v) is 16.5. The number of rotatable bonds is 6. The first-order chi connectivity index (χ1) is 14.8. The summed E-state index contributed by atoms with van der Waals surface area (Å²) in [5.41, 5.74) is 2.64. The van der Waals surface area contributed by atoms with Gasteiger partial charge in [-0.25, -0.2) is 9.07 Å². The zero-order chi connectivity index (χ0) is 20.3. The Balaban J connectivity index is 1.46. The van der Waals surface area contributed by atoms with E-state index in [-0.39, 0.29) is 5.82 Å². The van der Waals surface area contributed by atoms with Crippen LogP contribution in [0, 0.1) is 5.82 Å². The molecule has 5 aromatic rings. The highest BCUT2D eigenvalue weighted by atomic mass is 32.2. The van der Waals surface area contributed by atoms with Crippen LogP contribution in [-0.4, -0.2) is 24.5 Å². The predicted octanol–water partition coefficient (Wildman–Crippen LogP) is 5.14. The van der Waals surface area contributed by atoms with Gasteiger partial charge in [0.2, 0.25) is 0 Å². The topological polar surface area (TPSA) is 61.7 Å². The van der Waals surface area contributed by atoms with Crippen LogP contribution < -0.4 is 0 Å². The Morgan fingerprint density at radius 3 is 2.43 bits per heavy atom. The predicted molar refractivity (Wildman–Crippen MR) is 112 cm³/mol. The molecule has 0 fully saturated rings. The zero-order valence-electron chi connectivity index (χ0n) is 15.7. The van der Waals surface area contributed by atoms with E-state index in [4.69, 9.17) is 4.42 Å². The first kappa shape index (κ1) is 18.4. The highest BCUT2D eigenvalue weighted by molar-refractivity contribution is 7.98. The minimum absolute atomic E-state index is 0.253. The fraction of sp³-hybridized carbons (Fsp3) is 0.0455. The summed E-state index contributed by atoms with van der Waals surface area (Å²) in [4.78, 5) is 0. The third-order valence-corrected chi connectivity index (χ3v) is 5.40. The molecule has 0 aliphatic heterocycles. The van der Waals surface area contributed by atoms with E-state index in [1.807, 2.05) is 64.1 Å². The quantitative estimate of drug-likeness (QED) is 0.358. The molecule has 0 atom stereocenters. The van der Waals surface area contributed by atoms with Gasteiger partial charge in [0.25, 0.3) is 11.1 Å². The Bertz CT molecular complexity index is 1250. The van der Waals surface area contributed by atoms with E-state index >= 15 is 0 Å². The van der Waals surface area contributed by atoms with Crippen LogP contribution in [0.4, 0.5) is 4.39 Å². The van der Waals surface area contributed by atoms with Crippen LogP contribution in [0.5, 0.6) is 0 Å². The van der Waals surface area contributed by atoms with E-state index < -0.39 is 0 Å². The monoisotopic (exact) mass is 417 g/mol. The van der Waals surface area contributed by atoms with E-state index in [2.05, 4.69) is 15.3 Å². The second kappa shape index (κ2) is 8.00. The van der Waals surface area contributed by atoms with E-state index in [0.717, 1.165) is 22.6 Å². The average molecular weight is 417 g/mol. The smallest absolute Gasteiger partial charge is 0.277 e. The van der Waals surface area contributed by atoms with Gasteiger partial charge in [0.1, 0.15) is 11.4 Å². The Hall–Kier alpha value is -3.65. The highest BCUT2D eigenvalue weighted by Crippen LogP contribution is 2.31. The first-order valence-electron chi connectivity index (χ1n) is 9.26. The Labute approximate surface area is 176 Å². The van der Waals surface area contributed by atoms with Crippen molar-refractivity contribution in [3.63, 3.8) is 0 Å². The first-order valence-corrected chi connectivity index (χ1v) is 10.2. The summed E-state index contributed by atoms with van der Waals surface area (Å²) in [6.07, 6.45) is 5.62. The van der Waals surface area contributed by atoms with Gasteiger partial charge in [-0.1, -0.05) is 42.1 Å². The third-order valence-electron chi connectivity index (χ3n) is 4.51. The van der Waals surface area contributed by atoms with Crippen molar-refractivity contribution in [2.45, 2.75) is 11.0 Å². The summed E-state index contributed by atoms with van der Waals surface area (Å²) in [5.74, 6) is 1.56. The Morgan fingerprint density at radius 1 is 0.900 bits per heavy atom. The van der Waals surface area contributed by atoms with Crippen molar-refractivity contribution in [1.29, 1.82) is 0 Å². The fourth-order valence-corrected chi connectivity index (χ4v) is 3.80. The van der Waals surface area contributed by atoms with Gasteiger partial charge < -0.3 is 8.98 Å². The summed E-state index contributed by atoms with van der Waals surface area (Å²) in [7, 11) is 0. The van der Waals surface area contributed by atoms with Crippen LogP contribution >= 0.6 is 11.8 Å². The third kappa shape index (κ3) is 3.65. The lowest BCUT2D eigenvalue weighted by atomic mass is 10.2. The van der Waals surface area contributed by atoms with Crippen LogP contribution in [0.25, 0.3) is 23.0 Å². The van der Waals surface area contributed by atoms with Crippen molar-refractivity contribution in [2.24, 2.45) is 0 Å². The second-order valence-electron chi connectivity index (χ2n) is 6.51. The number of aromatic nitrogens is 5. The van der Waals surface area contributed by atoms with Crippen molar-refractivity contribution >= 4 is 11.8 Å². The van der Waals surface area contributed by atoms with Gasteiger partial charge in [-0.3, -0.25) is 0 Å². The normalized spacial score (nSPS) is 11.1. The molecule has 0 amide bonds. The minimum atomic E-state index is -0.253. The molecule has 0 aliphatic rings. The number of halogens is 1. The number of hydrogen-bond donors (Lipinski definition) is 0. The average Bonchev–Trinajstić information content (AvgIpc) is 3.53. The lowest BCUT2D eigenvalue weighted by molar-refractivity contribution is 0.465. The molecule has 0 unspecified atom stereocenters. The van der Waals surface area contributed by atoms with Crippen molar-refractivity contribution in [2.75, 3.05) is 0 Å². The summed E-state index contributed by atoms with van der Waals surface area (Å²) in [6, 6.07) is 20.1. The molecule has 0 saturated carbocycles. The van der Waals surface area contributed by atoms with E-state index in [1.54, 1.807) is 18.3 Å². The summed E-state index contributed by atoms with van der Waals surface area (Å²) >= 11 is 1.40. The van der Waals surface area contributed by atoms with Crippen molar-refractivity contribution in [3.8, 4) is 23.0 Å². The Morgan fingerprint density at radius 2 is 1.67 bits per heavy atom. The molecule has 0 aliphatic carbocycles. The molecular weight excluding hydrogens is 401 g/mol. The molecule has 0 radical (unpaired) electrons. The minimum Gasteiger partial charge on any atom is -0.411 e. The van der Waals surface area contributed by atoms with Crippen molar-refractivity contribution in [1.82, 2.24) is 24.5 Å². The summed E-state index contributed by atoms with van der Waals surface area (Å²) in [6.45, 7) is 0. The van der Waals surface area contributed by atoms with Gasteiger partial charge in [-0.15, -0.1) is 10.2 Å². The molecule has 5 rings (SSSR count). The molecule has 0 N–H and O–H groups in total. The van der Waals surface area contributed by atoms with E-state index in [0.29, 0.717) is 16.9 Å². The largest absolute Gasteiger partial charge is 0.411 e. The van der Waals surface area contributed by atoms with Gasteiger partial charge >= 0.3 is 0 Å². The number of nitrogens with zero attached hydrogens (tertiary/aromatic N) is 5. The van der Waals surface area contributed by atoms with Crippen molar-refractivity contribution in [3.05, 3.63) is 96.7 Å². The van der Waals surface area contributed by atoms with Gasteiger partial charge in [0.15, 0.2) is 5.82 Å². The Kier molecular flexibility index (Phi) is 4.90. The number of thioether (sulfide) groups is 1. The van der Waals surface area contributed by atoms with Gasteiger partial charge in [-0.2, -0.15) is 5.10 Å². The van der Waals surface area contributed by atoms with Crippen LogP contribution in [0.15, 0.2) is 95.0 Å². The van der Waals surface area contributed by atoms with Crippen LogP contribution in [0.3, 0.4) is 0 Å². The standard InChI is InChI=1S/C22H16FN5OS/c23-17-10-8-16(9-11-17)15-30-22-26-25-20(29-22)19-14-24-28(18-6-2-1-3-7-18)21(19)27-12-4-5-13-27/h1-14H,15H2. The summed E-state index contributed by atoms with van der Waals surface area (Å²) < 4.78 is 22.8. The molecule has 0 saturated heterocycles. The maximum atomic E-state index is 13.1. The maximum Gasteiger partial charge on any atom is 0.277 e. The molecule has 6 nitrogen and oxygen atoms in total. The fourth-order valence-electron chi connectivity index (χ4n) is 3.08. The SMILES string of the molecule is Fc1ccc(CSc2nnc(-c3cnn(-c4ccccc4)c3-n3cccc3)o2)cc1. The van der Waals surface area contributed by atoms with Crippen LogP contribution in [0.1, 0.15) is 5.56 Å². The van der Waals surface area contributed by atoms with Crippen molar-refractivity contribution < 1.29 is 8.81 Å². The number of para-hydroxylation sites is 1. The van der Waals surface area contributed by atoms with E-state index in [1.165, 1.54) is 23.9 Å². The molecule has 2 aromatic carbocycles. The molecule has 148 valence electrons. The number of benzene rings is 2. The molecule has 30 heavy (non-hydrogen) atoms. The second-order valence-corrected chi connectivity index (χ2v) is 7.43. The lowest BCUT2D eigenvalue weighted by Crippen LogP contribution is -2.04. The van der Waals surface area contributed by atoms with E-state index in [9.17, 15) is 4.39 Å². The van der Waals surface area contributed by atoms with Gasteiger partial charge in [0.05, 0.1) is 11.9 Å². The highest BCUT2D eigenvalue weighted by Gasteiger charge is 2.20. The van der Waals surface area contributed by atoms with Gasteiger partial charge in [-0.05, 0) is 42.0 Å². The molecular formula is C22H16FN5OS. The molecule has 0 spiro atoms. The molecule has 0 bridgehead atoms. The summed E-state index contributed by atoms with van der Waals surface area (Å²) in [5, 5.41) is 13.4. The lowest BCUT2D eigenvalue weighted by Gasteiger charge is -2.09. The van der Waals surface area contributed by atoms with Gasteiger partial charge in [0, 0.05) is 18.1 Å². The maximum absolute atomic E-state index is 13.1. The molecule has 3 aromatic heterocycles. The molecule has 8 heteroatoms. The van der Waals surface area contributed by atoms with Crippen LogP contribution in [0.2, 0.25) is 0 Å².